The Morgan fingerprint density at radius 2 is 2.11 bits per heavy atom. The third-order valence-corrected chi connectivity index (χ3v) is 5.07. The van der Waals surface area contributed by atoms with Crippen molar-refractivity contribution in [3.05, 3.63) is 47.7 Å². The average molecular weight is 383 g/mol. The van der Waals surface area contributed by atoms with Crippen LogP contribution in [-0.4, -0.2) is 28.6 Å². The molecule has 0 unspecified atom stereocenters. The van der Waals surface area contributed by atoms with Crippen molar-refractivity contribution >= 4 is 28.9 Å². The molecule has 3 aromatic rings. The number of rotatable bonds is 6. The van der Waals surface area contributed by atoms with E-state index in [1.54, 1.807) is 29.2 Å². The molecule has 0 spiro atoms. The van der Waals surface area contributed by atoms with Crippen LogP contribution < -0.4 is 9.64 Å². The van der Waals surface area contributed by atoms with Gasteiger partial charge in [-0.05, 0) is 42.1 Å². The molecule has 1 saturated heterocycles. The number of benzene rings is 1. The molecular weight excluding hydrogens is 366 g/mol. The number of hydrogen-bond donors (Lipinski definition) is 0. The van der Waals surface area contributed by atoms with Gasteiger partial charge in [0, 0.05) is 25.1 Å². The summed E-state index contributed by atoms with van der Waals surface area (Å²) in [7, 11) is 0. The summed E-state index contributed by atoms with van der Waals surface area (Å²) in [5.41, 5.74) is 0.823. The first-order valence-corrected chi connectivity index (χ1v) is 9.54. The molecule has 138 valence electrons. The van der Waals surface area contributed by atoms with Crippen LogP contribution in [0.2, 0.25) is 0 Å². The maximum atomic E-state index is 12.0. The van der Waals surface area contributed by atoms with Gasteiger partial charge in [-0.2, -0.15) is 4.98 Å². The van der Waals surface area contributed by atoms with Crippen LogP contribution in [0.3, 0.4) is 0 Å². The highest BCUT2D eigenvalue weighted by Gasteiger charge is 2.21. The fourth-order valence-electron chi connectivity index (χ4n) is 2.87. The van der Waals surface area contributed by atoms with E-state index in [4.69, 9.17) is 9.26 Å². The van der Waals surface area contributed by atoms with Crippen molar-refractivity contribution in [2.24, 2.45) is 0 Å². The Bertz CT molecular complexity index is 934. The number of amides is 1. The summed E-state index contributed by atoms with van der Waals surface area (Å²) in [4.78, 5) is 30.7. The average Bonchev–Trinajstić information content (AvgIpc) is 3.42. The van der Waals surface area contributed by atoms with Crippen molar-refractivity contribution in [1.82, 2.24) is 10.1 Å². The zero-order valence-electron chi connectivity index (χ0n) is 14.5. The second kappa shape index (κ2) is 7.71. The molecule has 1 aromatic carbocycles. The smallest absolute Gasteiger partial charge is 0.311 e. The Balaban J connectivity index is 1.30. The Kier molecular flexibility index (Phi) is 4.97. The summed E-state index contributed by atoms with van der Waals surface area (Å²) in [6.07, 6.45) is 1.91. The van der Waals surface area contributed by atoms with E-state index in [1.165, 1.54) is 11.3 Å². The summed E-state index contributed by atoms with van der Waals surface area (Å²) >= 11 is 1.52. The summed E-state index contributed by atoms with van der Waals surface area (Å²) in [6.45, 7) is 0.732. The van der Waals surface area contributed by atoms with Gasteiger partial charge in [0.15, 0.2) is 0 Å². The van der Waals surface area contributed by atoms with Crippen LogP contribution in [0, 0.1) is 0 Å². The van der Waals surface area contributed by atoms with Crippen molar-refractivity contribution in [3.8, 4) is 16.5 Å². The molecule has 1 aliphatic rings. The number of ether oxygens (including phenoxy) is 1. The molecule has 27 heavy (non-hydrogen) atoms. The van der Waals surface area contributed by atoms with Gasteiger partial charge in [0.05, 0.1) is 11.3 Å². The van der Waals surface area contributed by atoms with Crippen LogP contribution in [0.5, 0.6) is 5.75 Å². The molecule has 0 saturated carbocycles. The molecule has 4 rings (SSSR count). The molecule has 0 N–H and O–H groups in total. The predicted molar refractivity (Wildman–Crippen MR) is 99.6 cm³/mol. The van der Waals surface area contributed by atoms with Gasteiger partial charge in [-0.25, -0.2) is 0 Å². The van der Waals surface area contributed by atoms with E-state index < -0.39 is 0 Å². The van der Waals surface area contributed by atoms with E-state index in [9.17, 15) is 9.59 Å². The molecule has 1 amide bonds. The van der Waals surface area contributed by atoms with E-state index in [1.807, 2.05) is 17.5 Å². The highest BCUT2D eigenvalue weighted by molar-refractivity contribution is 7.13. The van der Waals surface area contributed by atoms with Gasteiger partial charge in [-0.15, -0.1) is 11.3 Å². The van der Waals surface area contributed by atoms with Gasteiger partial charge in [-0.1, -0.05) is 11.2 Å². The SMILES string of the molecule is O=C(CCc1nc(-c2cccs2)no1)Oc1ccc(N2CCCC2=O)cc1. The maximum Gasteiger partial charge on any atom is 0.311 e. The molecule has 0 atom stereocenters. The first-order valence-electron chi connectivity index (χ1n) is 8.66. The molecule has 1 fully saturated rings. The van der Waals surface area contributed by atoms with E-state index in [-0.39, 0.29) is 18.3 Å². The molecule has 3 heterocycles. The first kappa shape index (κ1) is 17.4. The Morgan fingerprint density at radius 3 is 2.81 bits per heavy atom. The molecular formula is C19H17N3O4S. The summed E-state index contributed by atoms with van der Waals surface area (Å²) < 4.78 is 10.5. The van der Waals surface area contributed by atoms with Gasteiger partial charge in [0.2, 0.25) is 17.6 Å². The fourth-order valence-corrected chi connectivity index (χ4v) is 3.52. The molecule has 8 heteroatoms. The number of anilines is 1. The molecule has 1 aliphatic heterocycles. The minimum Gasteiger partial charge on any atom is -0.427 e. The number of aryl methyl sites for hydroxylation is 1. The van der Waals surface area contributed by atoms with Crippen LogP contribution >= 0.6 is 11.3 Å². The fraction of sp³-hybridized carbons (Fsp3) is 0.263. The molecule has 0 bridgehead atoms. The van der Waals surface area contributed by atoms with E-state index in [0.717, 1.165) is 23.5 Å². The minimum atomic E-state index is -0.379. The third-order valence-electron chi connectivity index (χ3n) is 4.21. The molecule has 0 aliphatic carbocycles. The topological polar surface area (TPSA) is 85.5 Å². The Labute approximate surface area is 159 Å². The monoisotopic (exact) mass is 383 g/mol. The first-order chi connectivity index (χ1) is 13.2. The maximum absolute atomic E-state index is 12.0. The number of aromatic nitrogens is 2. The molecule has 7 nitrogen and oxygen atoms in total. The number of carbonyl (C=O) groups is 2. The number of esters is 1. The van der Waals surface area contributed by atoms with Crippen LogP contribution in [0.1, 0.15) is 25.2 Å². The summed E-state index contributed by atoms with van der Waals surface area (Å²) in [6, 6.07) is 10.8. The van der Waals surface area contributed by atoms with Gasteiger partial charge in [0.1, 0.15) is 5.75 Å². The van der Waals surface area contributed by atoms with Crippen LogP contribution in [0.4, 0.5) is 5.69 Å². The second-order valence-corrected chi connectivity index (χ2v) is 7.05. The van der Waals surface area contributed by atoms with Crippen molar-refractivity contribution in [2.75, 3.05) is 11.4 Å². The highest BCUT2D eigenvalue weighted by atomic mass is 32.1. The lowest BCUT2D eigenvalue weighted by molar-refractivity contribution is -0.134. The van der Waals surface area contributed by atoms with Gasteiger partial charge < -0.3 is 14.2 Å². The number of thiophene rings is 1. The van der Waals surface area contributed by atoms with Crippen LogP contribution in [-0.2, 0) is 16.0 Å². The highest BCUT2D eigenvalue weighted by Crippen LogP contribution is 2.24. The third kappa shape index (κ3) is 4.06. The van der Waals surface area contributed by atoms with E-state index >= 15 is 0 Å². The van der Waals surface area contributed by atoms with Gasteiger partial charge in [-0.3, -0.25) is 9.59 Å². The summed E-state index contributed by atoms with van der Waals surface area (Å²) in [5, 5.41) is 5.85. The van der Waals surface area contributed by atoms with Crippen molar-refractivity contribution in [2.45, 2.75) is 25.7 Å². The molecule has 0 radical (unpaired) electrons. The van der Waals surface area contributed by atoms with Gasteiger partial charge in [0.25, 0.3) is 0 Å². The lowest BCUT2D eigenvalue weighted by Crippen LogP contribution is -2.23. The van der Waals surface area contributed by atoms with Gasteiger partial charge >= 0.3 is 5.97 Å². The zero-order chi connectivity index (χ0) is 18.6. The Morgan fingerprint density at radius 1 is 1.26 bits per heavy atom. The van der Waals surface area contributed by atoms with Crippen molar-refractivity contribution in [1.29, 1.82) is 0 Å². The Hall–Kier alpha value is -3.00. The lowest BCUT2D eigenvalue weighted by Gasteiger charge is -2.15. The van der Waals surface area contributed by atoms with E-state index in [2.05, 4.69) is 10.1 Å². The quantitative estimate of drug-likeness (QED) is 0.479. The number of carbonyl (C=O) groups excluding carboxylic acids is 2. The van der Waals surface area contributed by atoms with Crippen molar-refractivity contribution in [3.63, 3.8) is 0 Å². The second-order valence-electron chi connectivity index (χ2n) is 6.11. The van der Waals surface area contributed by atoms with Crippen LogP contribution in [0.25, 0.3) is 10.7 Å². The number of hydrogen-bond acceptors (Lipinski definition) is 7. The molecule has 2 aromatic heterocycles. The van der Waals surface area contributed by atoms with Crippen molar-refractivity contribution < 1.29 is 18.8 Å². The predicted octanol–water partition coefficient (Wildman–Crippen LogP) is 3.46. The number of nitrogens with zero attached hydrogens (tertiary/aromatic N) is 3. The standard InChI is InChI=1S/C19H17N3O4S/c23-17-4-1-11-22(17)13-5-7-14(8-6-13)25-18(24)10-9-16-20-19(21-26-16)15-3-2-12-27-15/h2-3,5-8,12H,1,4,9-11H2. The zero-order valence-corrected chi connectivity index (χ0v) is 15.3. The minimum absolute atomic E-state index is 0.126. The summed E-state index contributed by atoms with van der Waals surface area (Å²) in [5.74, 6) is 1.12. The largest absolute Gasteiger partial charge is 0.427 e. The lowest BCUT2D eigenvalue weighted by atomic mass is 10.2. The van der Waals surface area contributed by atoms with Crippen LogP contribution in [0.15, 0.2) is 46.3 Å². The van der Waals surface area contributed by atoms with E-state index in [0.29, 0.717) is 30.3 Å². The normalized spacial score (nSPS) is 13.9.